The summed E-state index contributed by atoms with van der Waals surface area (Å²) in [6.07, 6.45) is 2.22. The summed E-state index contributed by atoms with van der Waals surface area (Å²) in [4.78, 5) is 0.295. The summed E-state index contributed by atoms with van der Waals surface area (Å²) in [7, 11) is -3.54. The van der Waals surface area contributed by atoms with E-state index >= 15 is 0 Å². The number of sulfonamides is 1. The van der Waals surface area contributed by atoms with Crippen LogP contribution in [0.5, 0.6) is 0 Å². The molecule has 4 nitrogen and oxygen atoms in total. The van der Waals surface area contributed by atoms with Crippen LogP contribution in [0.1, 0.15) is 19.3 Å². The van der Waals surface area contributed by atoms with Crippen molar-refractivity contribution in [3.8, 4) is 11.1 Å². The molecule has 0 heterocycles. The molecule has 0 atom stereocenters. The van der Waals surface area contributed by atoms with E-state index in [4.69, 9.17) is 5.11 Å². The van der Waals surface area contributed by atoms with E-state index in [0.29, 0.717) is 29.8 Å². The van der Waals surface area contributed by atoms with Crippen LogP contribution in [0.2, 0.25) is 0 Å². The van der Waals surface area contributed by atoms with Crippen molar-refractivity contribution in [3.05, 3.63) is 54.6 Å². The van der Waals surface area contributed by atoms with Gasteiger partial charge < -0.3 is 5.11 Å². The Bertz CT molecular complexity index is 684. The molecule has 0 amide bonds. The number of hydrogen-bond acceptors (Lipinski definition) is 3. The lowest BCUT2D eigenvalue weighted by Crippen LogP contribution is -2.25. The molecule has 118 valence electrons. The van der Waals surface area contributed by atoms with Gasteiger partial charge in [0.05, 0.1) is 4.90 Å². The van der Waals surface area contributed by atoms with Gasteiger partial charge in [-0.05, 0) is 30.9 Å². The molecular weight excluding hydrogens is 298 g/mol. The summed E-state index contributed by atoms with van der Waals surface area (Å²) in [6.45, 7) is 0.523. The van der Waals surface area contributed by atoms with Gasteiger partial charge in [-0.15, -0.1) is 0 Å². The van der Waals surface area contributed by atoms with Gasteiger partial charge in [-0.2, -0.15) is 0 Å². The highest BCUT2D eigenvalue weighted by molar-refractivity contribution is 7.89. The number of hydrogen-bond donors (Lipinski definition) is 2. The first-order valence-electron chi connectivity index (χ1n) is 7.40. The van der Waals surface area contributed by atoms with Crippen molar-refractivity contribution in [2.45, 2.75) is 24.2 Å². The molecule has 0 saturated heterocycles. The number of rotatable bonds is 8. The fourth-order valence-electron chi connectivity index (χ4n) is 2.26. The van der Waals surface area contributed by atoms with Crippen molar-refractivity contribution >= 4 is 10.0 Å². The van der Waals surface area contributed by atoms with Crippen molar-refractivity contribution in [3.63, 3.8) is 0 Å². The maximum Gasteiger partial charge on any atom is 0.241 e. The summed E-state index contributed by atoms with van der Waals surface area (Å²) in [5, 5.41) is 8.73. The van der Waals surface area contributed by atoms with Crippen LogP contribution in [0.15, 0.2) is 59.5 Å². The third-order valence-corrected chi connectivity index (χ3v) is 4.91. The zero-order chi connectivity index (χ0) is 15.8. The number of nitrogens with one attached hydrogen (secondary N) is 1. The molecule has 0 aliphatic heterocycles. The number of aliphatic hydroxyl groups is 1. The molecule has 0 fully saturated rings. The molecule has 22 heavy (non-hydrogen) atoms. The maximum atomic E-state index is 12.5. The van der Waals surface area contributed by atoms with Gasteiger partial charge in [0.25, 0.3) is 0 Å². The molecular formula is C17H21NO3S. The zero-order valence-electron chi connectivity index (χ0n) is 12.4. The van der Waals surface area contributed by atoms with E-state index in [1.165, 1.54) is 0 Å². The van der Waals surface area contributed by atoms with E-state index < -0.39 is 10.0 Å². The molecule has 2 rings (SSSR count). The lowest BCUT2D eigenvalue weighted by Gasteiger charge is -2.11. The summed E-state index contributed by atoms with van der Waals surface area (Å²) in [6, 6.07) is 16.5. The van der Waals surface area contributed by atoms with Gasteiger partial charge in [0.15, 0.2) is 0 Å². The van der Waals surface area contributed by atoms with Gasteiger partial charge in [0.2, 0.25) is 10.0 Å². The first kappa shape index (κ1) is 16.7. The van der Waals surface area contributed by atoms with Crippen LogP contribution in [-0.2, 0) is 10.0 Å². The van der Waals surface area contributed by atoms with Crippen LogP contribution >= 0.6 is 0 Å². The Hall–Kier alpha value is -1.69. The normalized spacial score (nSPS) is 11.5. The van der Waals surface area contributed by atoms with E-state index in [2.05, 4.69) is 4.72 Å². The van der Waals surface area contributed by atoms with Crippen LogP contribution < -0.4 is 4.72 Å². The standard InChI is InChI=1S/C17H21NO3S/c19-14-8-2-7-13-18-22(20,21)17-12-6-5-11-16(17)15-9-3-1-4-10-15/h1,3-6,9-12,18-19H,2,7-8,13-14H2. The highest BCUT2D eigenvalue weighted by atomic mass is 32.2. The van der Waals surface area contributed by atoms with Gasteiger partial charge in [-0.25, -0.2) is 13.1 Å². The molecule has 2 aromatic carbocycles. The zero-order valence-corrected chi connectivity index (χ0v) is 13.2. The number of benzene rings is 2. The molecule has 0 aromatic heterocycles. The molecule has 0 unspecified atom stereocenters. The number of aliphatic hydroxyl groups excluding tert-OH is 1. The van der Waals surface area contributed by atoms with Gasteiger partial charge in [-0.1, -0.05) is 48.5 Å². The van der Waals surface area contributed by atoms with Crippen LogP contribution in [-0.4, -0.2) is 26.7 Å². The van der Waals surface area contributed by atoms with E-state index in [1.54, 1.807) is 12.1 Å². The average Bonchev–Trinajstić information content (AvgIpc) is 2.55. The van der Waals surface area contributed by atoms with Crippen LogP contribution in [0.25, 0.3) is 11.1 Å². The third kappa shape index (κ3) is 4.40. The lowest BCUT2D eigenvalue weighted by molar-refractivity contribution is 0.283. The van der Waals surface area contributed by atoms with Gasteiger partial charge in [0.1, 0.15) is 0 Å². The van der Waals surface area contributed by atoms with Crippen molar-refractivity contribution in [2.24, 2.45) is 0 Å². The van der Waals surface area contributed by atoms with Gasteiger partial charge >= 0.3 is 0 Å². The summed E-state index contributed by atoms with van der Waals surface area (Å²) in [5.74, 6) is 0. The second-order valence-corrected chi connectivity index (χ2v) is 6.78. The maximum absolute atomic E-state index is 12.5. The van der Waals surface area contributed by atoms with Crippen LogP contribution in [0.3, 0.4) is 0 Å². The Balaban J connectivity index is 2.18. The summed E-state index contributed by atoms with van der Waals surface area (Å²) < 4.78 is 27.6. The minimum absolute atomic E-state index is 0.142. The quantitative estimate of drug-likeness (QED) is 0.735. The summed E-state index contributed by atoms with van der Waals surface area (Å²) in [5.41, 5.74) is 1.58. The lowest BCUT2D eigenvalue weighted by atomic mass is 10.1. The first-order valence-corrected chi connectivity index (χ1v) is 8.88. The minimum atomic E-state index is -3.54. The van der Waals surface area contributed by atoms with E-state index in [0.717, 1.165) is 12.0 Å². The van der Waals surface area contributed by atoms with Crippen LogP contribution in [0.4, 0.5) is 0 Å². The van der Waals surface area contributed by atoms with Crippen LogP contribution in [0, 0.1) is 0 Å². The molecule has 0 bridgehead atoms. The molecule has 0 aliphatic carbocycles. The third-order valence-electron chi connectivity index (χ3n) is 3.39. The van der Waals surface area contributed by atoms with Crippen molar-refractivity contribution in [2.75, 3.05) is 13.2 Å². The molecule has 0 spiro atoms. The molecule has 2 aromatic rings. The van der Waals surface area contributed by atoms with E-state index in [9.17, 15) is 8.42 Å². The largest absolute Gasteiger partial charge is 0.396 e. The fraction of sp³-hybridized carbons (Fsp3) is 0.294. The Labute approximate surface area is 131 Å². The Morgan fingerprint density at radius 2 is 1.55 bits per heavy atom. The minimum Gasteiger partial charge on any atom is -0.396 e. The van der Waals surface area contributed by atoms with Crippen molar-refractivity contribution in [1.82, 2.24) is 4.72 Å². The molecule has 0 saturated carbocycles. The second-order valence-electron chi connectivity index (χ2n) is 5.04. The topological polar surface area (TPSA) is 66.4 Å². The van der Waals surface area contributed by atoms with Gasteiger partial charge in [0, 0.05) is 18.7 Å². The highest BCUT2D eigenvalue weighted by Crippen LogP contribution is 2.26. The smallest absolute Gasteiger partial charge is 0.241 e. The fourth-order valence-corrected chi connectivity index (χ4v) is 3.56. The van der Waals surface area contributed by atoms with E-state index in [-0.39, 0.29) is 6.61 Å². The summed E-state index contributed by atoms with van der Waals surface area (Å²) >= 11 is 0. The monoisotopic (exact) mass is 319 g/mol. The van der Waals surface area contributed by atoms with E-state index in [1.807, 2.05) is 42.5 Å². The SMILES string of the molecule is O=S(=O)(NCCCCCO)c1ccccc1-c1ccccc1. The Morgan fingerprint density at radius 3 is 2.27 bits per heavy atom. The molecule has 0 radical (unpaired) electrons. The number of unbranched alkanes of at least 4 members (excludes halogenated alkanes) is 2. The second kappa shape index (κ2) is 8.08. The molecule has 0 aliphatic rings. The molecule has 2 N–H and O–H groups in total. The Morgan fingerprint density at radius 1 is 0.864 bits per heavy atom. The molecule has 5 heteroatoms. The highest BCUT2D eigenvalue weighted by Gasteiger charge is 2.18. The van der Waals surface area contributed by atoms with Crippen molar-refractivity contribution < 1.29 is 13.5 Å². The first-order chi connectivity index (χ1) is 10.6. The average molecular weight is 319 g/mol. The van der Waals surface area contributed by atoms with Gasteiger partial charge in [-0.3, -0.25) is 0 Å². The Kier molecular flexibility index (Phi) is 6.12. The predicted molar refractivity (Wildman–Crippen MR) is 88.0 cm³/mol. The predicted octanol–water partition coefficient (Wildman–Crippen LogP) is 2.79. The van der Waals surface area contributed by atoms with Crippen molar-refractivity contribution in [1.29, 1.82) is 0 Å².